The van der Waals surface area contributed by atoms with E-state index in [9.17, 15) is 4.79 Å². The fourth-order valence-corrected chi connectivity index (χ4v) is 2.11. The third-order valence-corrected chi connectivity index (χ3v) is 3.01. The van der Waals surface area contributed by atoms with Gasteiger partial charge in [0, 0.05) is 12.0 Å². The second-order valence-corrected chi connectivity index (χ2v) is 4.42. The Kier molecular flexibility index (Phi) is 1.44. The summed E-state index contributed by atoms with van der Waals surface area (Å²) in [5, 5.41) is 4.25. The van der Waals surface area contributed by atoms with Gasteiger partial charge in [-0.25, -0.2) is 4.98 Å². The van der Waals surface area contributed by atoms with E-state index in [1.165, 1.54) is 15.9 Å². The number of fused-ring (bicyclic) bond motifs is 1. The fourth-order valence-electron chi connectivity index (χ4n) is 1.43. The number of anilines is 1. The van der Waals surface area contributed by atoms with Crippen molar-refractivity contribution < 1.29 is 0 Å². The normalized spacial score (nSPS) is 16.3. The van der Waals surface area contributed by atoms with Crippen LogP contribution in [0.1, 0.15) is 24.5 Å². The molecule has 1 aliphatic rings. The molecule has 14 heavy (non-hydrogen) atoms. The summed E-state index contributed by atoms with van der Waals surface area (Å²) in [4.78, 5) is 16.5. The van der Waals surface area contributed by atoms with Crippen LogP contribution in [-0.2, 0) is 0 Å². The Morgan fingerprint density at radius 2 is 2.36 bits per heavy atom. The maximum absolute atomic E-state index is 11.6. The van der Waals surface area contributed by atoms with Crippen LogP contribution < -0.4 is 11.3 Å². The Morgan fingerprint density at radius 3 is 3.07 bits per heavy atom. The first-order valence-electron chi connectivity index (χ1n) is 4.40. The number of hydrogen-bond donors (Lipinski definition) is 1. The zero-order chi connectivity index (χ0) is 9.71. The molecule has 6 heteroatoms. The van der Waals surface area contributed by atoms with Gasteiger partial charge in [0.1, 0.15) is 0 Å². The van der Waals surface area contributed by atoms with E-state index in [1.54, 1.807) is 6.07 Å². The molecule has 1 saturated carbocycles. The molecule has 72 valence electrons. The van der Waals surface area contributed by atoms with Gasteiger partial charge >= 0.3 is 0 Å². The minimum absolute atomic E-state index is 0.134. The summed E-state index contributed by atoms with van der Waals surface area (Å²) in [6, 6.07) is 1.56. The fraction of sp³-hybridized carbons (Fsp3) is 0.375. The van der Waals surface area contributed by atoms with Gasteiger partial charge in [-0.15, -0.1) is 5.10 Å². The highest BCUT2D eigenvalue weighted by Crippen LogP contribution is 2.38. The second kappa shape index (κ2) is 2.54. The van der Waals surface area contributed by atoms with Crippen LogP contribution >= 0.6 is 11.3 Å². The van der Waals surface area contributed by atoms with Crippen LogP contribution in [0.4, 0.5) is 5.13 Å². The van der Waals surface area contributed by atoms with Crippen LogP contribution in [0.15, 0.2) is 10.9 Å². The summed E-state index contributed by atoms with van der Waals surface area (Å²) in [6.45, 7) is 0. The van der Waals surface area contributed by atoms with Crippen molar-refractivity contribution in [2.45, 2.75) is 18.8 Å². The van der Waals surface area contributed by atoms with Gasteiger partial charge in [0.05, 0.1) is 5.69 Å². The molecular formula is C8H8N4OS. The summed E-state index contributed by atoms with van der Waals surface area (Å²) < 4.78 is 1.26. The van der Waals surface area contributed by atoms with E-state index in [-0.39, 0.29) is 5.56 Å². The lowest BCUT2D eigenvalue weighted by atomic mass is 10.3. The zero-order valence-corrected chi connectivity index (χ0v) is 8.12. The van der Waals surface area contributed by atoms with Gasteiger partial charge in [0.25, 0.3) is 5.56 Å². The van der Waals surface area contributed by atoms with Crippen LogP contribution in [0.5, 0.6) is 0 Å². The Hall–Kier alpha value is -1.43. The molecule has 0 aromatic carbocycles. The van der Waals surface area contributed by atoms with Crippen molar-refractivity contribution in [3.8, 4) is 0 Å². The number of hydrogen-bond acceptors (Lipinski definition) is 5. The van der Waals surface area contributed by atoms with Gasteiger partial charge in [0.15, 0.2) is 0 Å². The van der Waals surface area contributed by atoms with Crippen molar-refractivity contribution in [1.82, 2.24) is 14.6 Å². The van der Waals surface area contributed by atoms with Crippen molar-refractivity contribution in [3.05, 3.63) is 22.1 Å². The summed E-state index contributed by atoms with van der Waals surface area (Å²) in [5.74, 6) is 0.482. The average Bonchev–Trinajstić information content (AvgIpc) is 2.89. The molecule has 0 amide bonds. The maximum atomic E-state index is 11.6. The Balaban J connectivity index is 2.32. The molecule has 2 aromatic rings. The predicted octanol–water partition coefficient (Wildman–Crippen LogP) is 0.611. The standard InChI is InChI=1S/C8H8N4OS/c9-7-11-12-6(13)3-5(4-1-2-4)10-8(12)14-7/h3-4H,1-2H2,(H2,9,11). The molecular weight excluding hydrogens is 200 g/mol. The first-order chi connectivity index (χ1) is 6.74. The van der Waals surface area contributed by atoms with E-state index in [0.29, 0.717) is 16.0 Å². The summed E-state index contributed by atoms with van der Waals surface area (Å²) in [5.41, 5.74) is 6.26. The third-order valence-electron chi connectivity index (χ3n) is 2.28. The number of aromatic nitrogens is 3. The number of rotatable bonds is 1. The largest absolute Gasteiger partial charge is 0.374 e. The van der Waals surface area contributed by atoms with Crippen LogP contribution in [-0.4, -0.2) is 14.6 Å². The van der Waals surface area contributed by atoms with Crippen LogP contribution in [0.25, 0.3) is 4.96 Å². The smallest absolute Gasteiger partial charge is 0.275 e. The van der Waals surface area contributed by atoms with Crippen molar-refractivity contribution in [2.24, 2.45) is 0 Å². The Labute approximate surface area is 83.2 Å². The van der Waals surface area contributed by atoms with Crippen molar-refractivity contribution in [3.63, 3.8) is 0 Å². The van der Waals surface area contributed by atoms with Gasteiger partial charge in [-0.1, -0.05) is 11.3 Å². The molecule has 1 aliphatic carbocycles. The minimum Gasteiger partial charge on any atom is -0.374 e. The molecule has 0 spiro atoms. The van der Waals surface area contributed by atoms with Gasteiger partial charge in [-0.3, -0.25) is 4.79 Å². The topological polar surface area (TPSA) is 73.3 Å². The molecule has 5 nitrogen and oxygen atoms in total. The van der Waals surface area contributed by atoms with Crippen molar-refractivity contribution >= 4 is 21.4 Å². The van der Waals surface area contributed by atoms with E-state index < -0.39 is 0 Å². The van der Waals surface area contributed by atoms with E-state index in [1.807, 2.05) is 0 Å². The van der Waals surface area contributed by atoms with E-state index in [4.69, 9.17) is 5.73 Å². The van der Waals surface area contributed by atoms with Gasteiger partial charge in [0.2, 0.25) is 10.1 Å². The highest BCUT2D eigenvalue weighted by atomic mass is 32.1. The maximum Gasteiger partial charge on any atom is 0.275 e. The first-order valence-corrected chi connectivity index (χ1v) is 5.22. The zero-order valence-electron chi connectivity index (χ0n) is 7.30. The molecule has 0 saturated heterocycles. The summed E-state index contributed by atoms with van der Waals surface area (Å²) in [7, 11) is 0. The third kappa shape index (κ3) is 1.11. The van der Waals surface area contributed by atoms with E-state index in [2.05, 4.69) is 10.1 Å². The monoisotopic (exact) mass is 208 g/mol. The highest BCUT2D eigenvalue weighted by Gasteiger charge is 2.26. The predicted molar refractivity (Wildman–Crippen MR) is 53.5 cm³/mol. The average molecular weight is 208 g/mol. The Bertz CT molecular complexity index is 554. The number of nitrogens with two attached hydrogens (primary N) is 1. The number of nitrogens with zero attached hydrogens (tertiary/aromatic N) is 3. The molecule has 2 heterocycles. The lowest BCUT2D eigenvalue weighted by Crippen LogP contribution is -2.15. The number of nitrogen functional groups attached to an aromatic ring is 1. The molecule has 2 aromatic heterocycles. The Morgan fingerprint density at radius 1 is 1.57 bits per heavy atom. The summed E-state index contributed by atoms with van der Waals surface area (Å²) in [6.07, 6.45) is 2.27. The first kappa shape index (κ1) is 7.93. The SMILES string of the molecule is Nc1nn2c(=O)cc(C3CC3)nc2s1. The molecule has 0 unspecified atom stereocenters. The molecule has 2 N–H and O–H groups in total. The molecule has 0 radical (unpaired) electrons. The van der Waals surface area contributed by atoms with Gasteiger partial charge in [-0.2, -0.15) is 4.52 Å². The molecule has 3 rings (SSSR count). The quantitative estimate of drug-likeness (QED) is 0.745. The highest BCUT2D eigenvalue weighted by molar-refractivity contribution is 7.20. The molecule has 0 bridgehead atoms. The molecule has 0 aliphatic heterocycles. The summed E-state index contributed by atoms with van der Waals surface area (Å²) >= 11 is 1.24. The lowest BCUT2D eigenvalue weighted by molar-refractivity contribution is 0.878. The second-order valence-electron chi connectivity index (χ2n) is 3.43. The van der Waals surface area contributed by atoms with Gasteiger partial charge in [-0.05, 0) is 12.8 Å². The van der Waals surface area contributed by atoms with E-state index in [0.717, 1.165) is 18.5 Å². The van der Waals surface area contributed by atoms with Crippen molar-refractivity contribution in [1.29, 1.82) is 0 Å². The van der Waals surface area contributed by atoms with Crippen LogP contribution in [0, 0.1) is 0 Å². The van der Waals surface area contributed by atoms with Crippen LogP contribution in [0.2, 0.25) is 0 Å². The van der Waals surface area contributed by atoms with Gasteiger partial charge < -0.3 is 5.73 Å². The molecule has 1 fully saturated rings. The van der Waals surface area contributed by atoms with Crippen LogP contribution in [0.3, 0.4) is 0 Å². The van der Waals surface area contributed by atoms with E-state index >= 15 is 0 Å². The van der Waals surface area contributed by atoms with Crippen molar-refractivity contribution in [2.75, 3.05) is 5.73 Å². The molecule has 0 atom stereocenters. The lowest BCUT2D eigenvalue weighted by Gasteiger charge is -1.94. The minimum atomic E-state index is -0.134.